The van der Waals surface area contributed by atoms with E-state index in [0.29, 0.717) is 31.2 Å². The molecule has 1 saturated heterocycles. The van der Waals surface area contributed by atoms with E-state index < -0.39 is 0 Å². The molecule has 30 heavy (non-hydrogen) atoms. The molecule has 3 heterocycles. The largest absolute Gasteiger partial charge is 0.443 e. The number of rotatable bonds is 5. The maximum absolute atomic E-state index is 13.2. The summed E-state index contributed by atoms with van der Waals surface area (Å²) >= 11 is 0. The van der Waals surface area contributed by atoms with Crippen molar-refractivity contribution in [1.29, 1.82) is 0 Å². The van der Waals surface area contributed by atoms with Crippen LogP contribution in [0, 0.1) is 13.8 Å². The van der Waals surface area contributed by atoms with Gasteiger partial charge in [0.2, 0.25) is 0 Å². The number of benzene rings is 1. The van der Waals surface area contributed by atoms with Crippen molar-refractivity contribution in [2.24, 2.45) is 0 Å². The first kappa shape index (κ1) is 20.2. The standard InChI is InChI=1S/C23H26N4O3/c1-15-5-4-6-18(11-15)22-21(25-14-30-22)23(28)27-9-7-17(8-10-27)20-19(13-29-3)12-24-16(2)26-20/h4-6,11-12,14,17H,7-10,13H2,1-3H3. The summed E-state index contributed by atoms with van der Waals surface area (Å²) in [7, 11) is 1.68. The minimum atomic E-state index is -0.0883. The van der Waals surface area contributed by atoms with Crippen LogP contribution in [-0.4, -0.2) is 46.0 Å². The molecule has 2 aromatic heterocycles. The van der Waals surface area contributed by atoms with Gasteiger partial charge in [0.05, 0.1) is 12.3 Å². The molecule has 4 rings (SSSR count). The summed E-state index contributed by atoms with van der Waals surface area (Å²) in [5, 5.41) is 0. The fraction of sp³-hybridized carbons (Fsp3) is 0.391. The zero-order valence-electron chi connectivity index (χ0n) is 17.6. The first-order valence-electron chi connectivity index (χ1n) is 10.2. The third-order valence-corrected chi connectivity index (χ3v) is 5.54. The van der Waals surface area contributed by atoms with Gasteiger partial charge in [0, 0.05) is 43.4 Å². The number of hydrogen-bond donors (Lipinski definition) is 0. The molecule has 156 valence electrons. The molecule has 3 aromatic rings. The van der Waals surface area contributed by atoms with Crippen molar-refractivity contribution in [1.82, 2.24) is 19.9 Å². The second kappa shape index (κ2) is 8.75. The van der Waals surface area contributed by atoms with Gasteiger partial charge in [-0.3, -0.25) is 4.79 Å². The number of carbonyl (C=O) groups excluding carboxylic acids is 1. The Morgan fingerprint density at radius 3 is 2.77 bits per heavy atom. The molecule has 0 radical (unpaired) electrons. The van der Waals surface area contributed by atoms with Gasteiger partial charge >= 0.3 is 0 Å². The fourth-order valence-electron chi connectivity index (χ4n) is 4.03. The van der Waals surface area contributed by atoms with Crippen LogP contribution in [0.4, 0.5) is 0 Å². The lowest BCUT2D eigenvalue weighted by molar-refractivity contribution is 0.0706. The molecule has 1 fully saturated rings. The number of nitrogens with zero attached hydrogens (tertiary/aromatic N) is 4. The van der Waals surface area contributed by atoms with E-state index in [4.69, 9.17) is 9.15 Å². The van der Waals surface area contributed by atoms with Crippen LogP contribution in [-0.2, 0) is 11.3 Å². The topological polar surface area (TPSA) is 81.4 Å². The normalized spacial score (nSPS) is 14.8. The molecule has 0 atom stereocenters. The van der Waals surface area contributed by atoms with Crippen LogP contribution >= 0.6 is 0 Å². The summed E-state index contributed by atoms with van der Waals surface area (Å²) < 4.78 is 10.9. The predicted octanol–water partition coefficient (Wildman–Crippen LogP) is 3.91. The van der Waals surface area contributed by atoms with E-state index in [1.807, 2.05) is 49.2 Å². The van der Waals surface area contributed by atoms with Crippen molar-refractivity contribution in [3.05, 3.63) is 65.2 Å². The van der Waals surface area contributed by atoms with E-state index in [0.717, 1.165) is 41.1 Å². The SMILES string of the molecule is COCc1cnc(C)nc1C1CCN(C(=O)c2ncoc2-c2cccc(C)c2)CC1. The molecule has 1 aromatic carbocycles. The first-order valence-corrected chi connectivity index (χ1v) is 10.2. The highest BCUT2D eigenvalue weighted by Gasteiger charge is 2.30. The van der Waals surface area contributed by atoms with Gasteiger partial charge in [-0.2, -0.15) is 0 Å². The molecular weight excluding hydrogens is 380 g/mol. The Balaban J connectivity index is 1.49. The Morgan fingerprint density at radius 2 is 2.03 bits per heavy atom. The molecular formula is C23H26N4O3. The molecule has 7 heteroatoms. The van der Waals surface area contributed by atoms with Crippen LogP contribution in [0.15, 0.2) is 41.3 Å². The maximum Gasteiger partial charge on any atom is 0.276 e. The lowest BCUT2D eigenvalue weighted by Crippen LogP contribution is -2.38. The van der Waals surface area contributed by atoms with Crippen molar-refractivity contribution in [2.75, 3.05) is 20.2 Å². The summed E-state index contributed by atoms with van der Waals surface area (Å²) in [6.07, 6.45) is 4.88. The number of hydrogen-bond acceptors (Lipinski definition) is 6. The van der Waals surface area contributed by atoms with Gasteiger partial charge in [-0.05, 0) is 32.8 Å². The molecule has 7 nitrogen and oxygen atoms in total. The number of aryl methyl sites for hydroxylation is 2. The van der Waals surface area contributed by atoms with E-state index in [2.05, 4.69) is 15.0 Å². The molecule has 1 amide bonds. The average Bonchev–Trinajstić information content (AvgIpc) is 3.25. The minimum Gasteiger partial charge on any atom is -0.443 e. The minimum absolute atomic E-state index is 0.0883. The zero-order valence-corrected chi connectivity index (χ0v) is 17.6. The number of oxazole rings is 1. The van der Waals surface area contributed by atoms with Crippen molar-refractivity contribution in [2.45, 2.75) is 39.2 Å². The summed E-state index contributed by atoms with van der Waals surface area (Å²) in [5.41, 5.74) is 4.41. The van der Waals surface area contributed by atoms with Crippen LogP contribution in [0.3, 0.4) is 0 Å². The van der Waals surface area contributed by atoms with Gasteiger partial charge in [0.1, 0.15) is 5.82 Å². The van der Waals surface area contributed by atoms with Crippen LogP contribution < -0.4 is 0 Å². The second-order valence-electron chi connectivity index (χ2n) is 7.73. The Labute approximate surface area is 176 Å². The highest BCUT2D eigenvalue weighted by atomic mass is 16.5. The number of ether oxygens (including phenoxy) is 1. The third-order valence-electron chi connectivity index (χ3n) is 5.54. The highest BCUT2D eigenvalue weighted by molar-refractivity contribution is 5.97. The van der Waals surface area contributed by atoms with E-state index in [-0.39, 0.29) is 11.8 Å². The fourth-order valence-corrected chi connectivity index (χ4v) is 4.03. The number of piperidine rings is 1. The predicted molar refractivity (Wildman–Crippen MR) is 112 cm³/mol. The first-order chi connectivity index (χ1) is 14.6. The van der Waals surface area contributed by atoms with E-state index in [1.54, 1.807) is 7.11 Å². The number of likely N-dealkylation sites (tertiary alicyclic amines) is 1. The number of amides is 1. The molecule has 1 aliphatic rings. The molecule has 0 N–H and O–H groups in total. The van der Waals surface area contributed by atoms with Gasteiger partial charge in [0.25, 0.3) is 5.91 Å². The summed E-state index contributed by atoms with van der Waals surface area (Å²) in [4.78, 5) is 28.2. The van der Waals surface area contributed by atoms with E-state index in [9.17, 15) is 4.79 Å². The van der Waals surface area contributed by atoms with Crippen LogP contribution in [0.1, 0.15) is 51.9 Å². The van der Waals surface area contributed by atoms with Gasteiger partial charge in [0.15, 0.2) is 17.8 Å². The van der Waals surface area contributed by atoms with Gasteiger partial charge in [-0.15, -0.1) is 0 Å². The lowest BCUT2D eigenvalue weighted by Gasteiger charge is -2.32. The molecule has 0 bridgehead atoms. The number of aromatic nitrogens is 3. The molecule has 0 spiro atoms. The Morgan fingerprint density at radius 1 is 1.23 bits per heavy atom. The second-order valence-corrected chi connectivity index (χ2v) is 7.73. The van der Waals surface area contributed by atoms with E-state index >= 15 is 0 Å². The quantitative estimate of drug-likeness (QED) is 0.639. The van der Waals surface area contributed by atoms with Crippen molar-refractivity contribution < 1.29 is 13.9 Å². The molecule has 0 unspecified atom stereocenters. The maximum atomic E-state index is 13.2. The average molecular weight is 406 g/mol. The monoisotopic (exact) mass is 406 g/mol. The van der Waals surface area contributed by atoms with Crippen LogP contribution in [0.2, 0.25) is 0 Å². The zero-order chi connectivity index (χ0) is 21.1. The molecule has 0 saturated carbocycles. The van der Waals surface area contributed by atoms with Crippen LogP contribution in [0.25, 0.3) is 11.3 Å². The Bertz CT molecular complexity index is 1040. The number of carbonyl (C=O) groups is 1. The Kier molecular flexibility index (Phi) is 5.90. The van der Waals surface area contributed by atoms with Crippen molar-refractivity contribution in [3.63, 3.8) is 0 Å². The summed E-state index contributed by atoms with van der Waals surface area (Å²) in [6, 6.07) is 7.90. The van der Waals surface area contributed by atoms with Crippen LogP contribution in [0.5, 0.6) is 0 Å². The van der Waals surface area contributed by atoms with Gasteiger partial charge in [-0.1, -0.05) is 23.8 Å². The smallest absolute Gasteiger partial charge is 0.276 e. The summed E-state index contributed by atoms with van der Waals surface area (Å²) in [5.74, 6) is 1.48. The third kappa shape index (κ3) is 4.11. The summed E-state index contributed by atoms with van der Waals surface area (Å²) in [6.45, 7) is 5.71. The van der Waals surface area contributed by atoms with Gasteiger partial charge < -0.3 is 14.1 Å². The lowest BCUT2D eigenvalue weighted by atomic mass is 9.90. The highest BCUT2D eigenvalue weighted by Crippen LogP contribution is 2.31. The van der Waals surface area contributed by atoms with Crippen molar-refractivity contribution in [3.8, 4) is 11.3 Å². The Hall–Kier alpha value is -3.06. The van der Waals surface area contributed by atoms with Gasteiger partial charge in [-0.25, -0.2) is 15.0 Å². The number of methoxy groups -OCH3 is 1. The van der Waals surface area contributed by atoms with E-state index in [1.165, 1.54) is 6.39 Å². The molecule has 1 aliphatic heterocycles. The molecule has 0 aliphatic carbocycles. The van der Waals surface area contributed by atoms with Crippen molar-refractivity contribution >= 4 is 5.91 Å².